The molecule has 7 nitrogen and oxygen atoms in total. The summed E-state index contributed by atoms with van der Waals surface area (Å²) in [5, 5.41) is 12.4. The molecule has 3 aliphatic rings. The molecule has 1 N–H and O–H groups in total. The van der Waals surface area contributed by atoms with Crippen LogP contribution < -0.4 is 10.2 Å². The molecule has 2 fully saturated rings. The number of rotatable bonds is 3. The van der Waals surface area contributed by atoms with Gasteiger partial charge in [-0.2, -0.15) is 5.26 Å². The standard InChI is InChI=1S/C20H21N5O2S/c21-12-15-18(23-7-6-22-15)25-8-4-20(5-9-25)14-11-17(19(26)24-13-1-2-13)28-16(14)3-10-27-20/h6-7,11,13H,1-5,8-10H2,(H,24,26). The number of amides is 1. The summed E-state index contributed by atoms with van der Waals surface area (Å²) in [6, 6.07) is 4.54. The minimum Gasteiger partial charge on any atom is -0.370 e. The van der Waals surface area contributed by atoms with Crippen molar-refractivity contribution in [1.82, 2.24) is 15.3 Å². The Kier molecular flexibility index (Phi) is 4.29. The van der Waals surface area contributed by atoms with E-state index < -0.39 is 0 Å². The molecule has 1 aliphatic carbocycles. The first kappa shape index (κ1) is 17.6. The van der Waals surface area contributed by atoms with E-state index in [-0.39, 0.29) is 11.5 Å². The van der Waals surface area contributed by atoms with Crippen LogP contribution in [0.1, 0.15) is 51.5 Å². The Balaban J connectivity index is 1.37. The lowest BCUT2D eigenvalue weighted by Gasteiger charge is -2.44. The van der Waals surface area contributed by atoms with Crippen LogP contribution in [0.4, 0.5) is 5.82 Å². The van der Waals surface area contributed by atoms with Crippen LogP contribution in [-0.4, -0.2) is 41.6 Å². The van der Waals surface area contributed by atoms with Crippen LogP contribution >= 0.6 is 11.3 Å². The number of fused-ring (bicyclic) bond motifs is 2. The smallest absolute Gasteiger partial charge is 0.261 e. The Bertz CT molecular complexity index is 954. The molecular weight excluding hydrogens is 374 g/mol. The Labute approximate surface area is 167 Å². The van der Waals surface area contributed by atoms with Gasteiger partial charge in [-0.3, -0.25) is 4.79 Å². The largest absolute Gasteiger partial charge is 0.370 e. The molecule has 0 unspecified atom stereocenters. The topological polar surface area (TPSA) is 91.1 Å². The molecule has 8 heteroatoms. The molecule has 0 atom stereocenters. The van der Waals surface area contributed by atoms with E-state index in [9.17, 15) is 10.1 Å². The summed E-state index contributed by atoms with van der Waals surface area (Å²) in [7, 11) is 0. The van der Waals surface area contributed by atoms with Gasteiger partial charge in [-0.25, -0.2) is 9.97 Å². The summed E-state index contributed by atoms with van der Waals surface area (Å²) in [5.41, 5.74) is 1.20. The van der Waals surface area contributed by atoms with Gasteiger partial charge in [-0.05, 0) is 37.3 Å². The zero-order valence-corrected chi connectivity index (χ0v) is 16.3. The highest BCUT2D eigenvalue weighted by atomic mass is 32.1. The Morgan fingerprint density at radius 2 is 2.11 bits per heavy atom. The van der Waals surface area contributed by atoms with Crippen molar-refractivity contribution in [3.63, 3.8) is 0 Å². The lowest BCUT2D eigenvalue weighted by atomic mass is 9.82. The minimum absolute atomic E-state index is 0.0488. The molecular formula is C20H21N5O2S. The predicted octanol–water partition coefficient (Wildman–Crippen LogP) is 2.37. The van der Waals surface area contributed by atoms with Crippen molar-refractivity contribution < 1.29 is 9.53 Å². The molecule has 0 radical (unpaired) electrons. The van der Waals surface area contributed by atoms with E-state index in [1.54, 1.807) is 23.7 Å². The number of aromatic nitrogens is 2. The minimum atomic E-state index is -0.340. The van der Waals surface area contributed by atoms with Crippen molar-refractivity contribution >= 4 is 23.1 Å². The van der Waals surface area contributed by atoms with Gasteiger partial charge in [0.05, 0.1) is 17.1 Å². The molecule has 2 aliphatic heterocycles. The van der Waals surface area contributed by atoms with E-state index in [2.05, 4.69) is 32.3 Å². The fourth-order valence-corrected chi connectivity index (χ4v) is 5.28. The highest BCUT2D eigenvalue weighted by Gasteiger charge is 2.43. The molecule has 1 saturated carbocycles. The molecule has 144 valence electrons. The molecule has 4 heterocycles. The number of carbonyl (C=O) groups is 1. The first-order chi connectivity index (χ1) is 13.7. The SMILES string of the molecule is N#Cc1nccnc1N1CCC2(CC1)OCCc1sc(C(=O)NC3CC3)cc12. The summed E-state index contributed by atoms with van der Waals surface area (Å²) < 4.78 is 6.31. The van der Waals surface area contributed by atoms with Crippen LogP contribution in [0, 0.1) is 11.3 Å². The zero-order chi connectivity index (χ0) is 19.1. The van der Waals surface area contributed by atoms with Gasteiger partial charge in [-0.15, -0.1) is 11.3 Å². The molecule has 0 aromatic carbocycles. The van der Waals surface area contributed by atoms with Crippen molar-refractivity contribution in [2.45, 2.75) is 43.7 Å². The number of carbonyl (C=O) groups excluding carboxylic acids is 1. The monoisotopic (exact) mass is 395 g/mol. The molecule has 1 amide bonds. The summed E-state index contributed by atoms with van der Waals surface area (Å²) in [4.78, 5) is 25.2. The van der Waals surface area contributed by atoms with Crippen molar-refractivity contribution in [1.29, 1.82) is 5.26 Å². The number of nitrogens with zero attached hydrogens (tertiary/aromatic N) is 4. The number of hydrogen-bond acceptors (Lipinski definition) is 7. The van der Waals surface area contributed by atoms with Gasteiger partial charge in [0.25, 0.3) is 5.91 Å². The van der Waals surface area contributed by atoms with Crippen LogP contribution in [-0.2, 0) is 16.8 Å². The first-order valence-corrected chi connectivity index (χ1v) is 10.5. The maximum atomic E-state index is 12.5. The van der Waals surface area contributed by atoms with E-state index in [1.165, 1.54) is 10.4 Å². The second-order valence-electron chi connectivity index (χ2n) is 7.62. The summed E-state index contributed by atoms with van der Waals surface area (Å²) in [6.45, 7) is 2.17. The number of anilines is 1. The van der Waals surface area contributed by atoms with Crippen LogP contribution in [0.5, 0.6) is 0 Å². The van der Waals surface area contributed by atoms with Gasteiger partial charge in [0.1, 0.15) is 6.07 Å². The normalized spacial score (nSPS) is 20.5. The maximum absolute atomic E-state index is 12.5. The van der Waals surface area contributed by atoms with Crippen molar-refractivity contribution in [3.05, 3.63) is 39.5 Å². The van der Waals surface area contributed by atoms with Crippen molar-refractivity contribution in [2.24, 2.45) is 0 Å². The average Bonchev–Trinajstić information content (AvgIpc) is 3.43. The number of hydrogen-bond donors (Lipinski definition) is 1. The summed E-state index contributed by atoms with van der Waals surface area (Å²) >= 11 is 1.61. The van der Waals surface area contributed by atoms with Gasteiger partial charge in [0, 0.05) is 42.8 Å². The van der Waals surface area contributed by atoms with Gasteiger partial charge in [-0.1, -0.05) is 0 Å². The number of piperidine rings is 1. The summed E-state index contributed by atoms with van der Waals surface area (Å²) in [5.74, 6) is 0.693. The zero-order valence-electron chi connectivity index (χ0n) is 15.5. The van der Waals surface area contributed by atoms with Crippen LogP contribution in [0.15, 0.2) is 18.5 Å². The molecule has 1 saturated heterocycles. The van der Waals surface area contributed by atoms with Crippen LogP contribution in [0.3, 0.4) is 0 Å². The maximum Gasteiger partial charge on any atom is 0.261 e. The molecule has 2 aromatic rings. The third-order valence-electron chi connectivity index (χ3n) is 5.80. The number of ether oxygens (including phenoxy) is 1. The molecule has 2 aromatic heterocycles. The van der Waals surface area contributed by atoms with Crippen molar-refractivity contribution in [3.8, 4) is 6.07 Å². The third-order valence-corrected chi connectivity index (χ3v) is 6.99. The van der Waals surface area contributed by atoms with Gasteiger partial charge in [0.15, 0.2) is 11.5 Å². The molecule has 5 rings (SSSR count). The fourth-order valence-electron chi connectivity index (χ4n) is 4.15. The highest BCUT2D eigenvalue weighted by Crippen LogP contribution is 2.45. The van der Waals surface area contributed by atoms with E-state index in [4.69, 9.17) is 4.74 Å². The molecule has 1 spiro atoms. The van der Waals surface area contributed by atoms with Crippen molar-refractivity contribution in [2.75, 3.05) is 24.6 Å². The second kappa shape index (κ2) is 6.83. The Hall–Kier alpha value is -2.50. The molecule has 0 bridgehead atoms. The van der Waals surface area contributed by atoms with Gasteiger partial charge >= 0.3 is 0 Å². The van der Waals surface area contributed by atoms with E-state index in [1.807, 2.05) is 0 Å². The van der Waals surface area contributed by atoms with Gasteiger partial charge < -0.3 is 15.0 Å². The van der Waals surface area contributed by atoms with Crippen LogP contribution in [0.2, 0.25) is 0 Å². The molecule has 28 heavy (non-hydrogen) atoms. The van der Waals surface area contributed by atoms with E-state index >= 15 is 0 Å². The first-order valence-electron chi connectivity index (χ1n) is 9.72. The predicted molar refractivity (Wildman–Crippen MR) is 104 cm³/mol. The average molecular weight is 395 g/mol. The number of nitrogens with one attached hydrogen (secondary N) is 1. The summed E-state index contributed by atoms with van der Waals surface area (Å²) in [6.07, 6.45) is 7.83. The van der Waals surface area contributed by atoms with E-state index in [0.29, 0.717) is 24.2 Å². The Morgan fingerprint density at radius 3 is 2.86 bits per heavy atom. The second-order valence-corrected chi connectivity index (χ2v) is 8.75. The lowest BCUT2D eigenvalue weighted by Crippen LogP contribution is -2.46. The third kappa shape index (κ3) is 3.05. The lowest BCUT2D eigenvalue weighted by molar-refractivity contribution is -0.0757. The number of thiophene rings is 1. The fraction of sp³-hybridized carbons (Fsp3) is 0.500. The van der Waals surface area contributed by atoms with Crippen LogP contribution in [0.25, 0.3) is 0 Å². The number of nitriles is 1. The quantitative estimate of drug-likeness (QED) is 0.858. The van der Waals surface area contributed by atoms with E-state index in [0.717, 1.165) is 50.1 Å². The highest BCUT2D eigenvalue weighted by molar-refractivity contribution is 7.14. The Morgan fingerprint density at radius 1 is 1.32 bits per heavy atom. The van der Waals surface area contributed by atoms with Gasteiger partial charge in [0.2, 0.25) is 0 Å².